The predicted octanol–water partition coefficient (Wildman–Crippen LogP) is 2.96. The van der Waals surface area contributed by atoms with Crippen LogP contribution in [0.5, 0.6) is 11.5 Å². The third-order valence-corrected chi connectivity index (χ3v) is 4.50. The van der Waals surface area contributed by atoms with Gasteiger partial charge in [-0.2, -0.15) is 0 Å². The molecule has 0 aromatic heterocycles. The minimum atomic E-state index is 0.610. The van der Waals surface area contributed by atoms with Gasteiger partial charge in [-0.25, -0.2) is 0 Å². The van der Waals surface area contributed by atoms with Gasteiger partial charge in [0.2, 0.25) is 0 Å². The van der Waals surface area contributed by atoms with Crippen molar-refractivity contribution in [3.05, 3.63) is 22.2 Å². The summed E-state index contributed by atoms with van der Waals surface area (Å²) in [6.45, 7) is 5.55. The predicted molar refractivity (Wildman–Crippen MR) is 76.5 cm³/mol. The first kappa shape index (κ1) is 13.1. The zero-order valence-electron chi connectivity index (χ0n) is 11.3. The summed E-state index contributed by atoms with van der Waals surface area (Å²) in [5.74, 6) is 2.45. The van der Waals surface area contributed by atoms with Crippen molar-refractivity contribution in [3.8, 4) is 11.5 Å². The molecule has 0 amide bonds. The van der Waals surface area contributed by atoms with Crippen molar-refractivity contribution in [2.24, 2.45) is 5.92 Å². The van der Waals surface area contributed by atoms with Gasteiger partial charge >= 0.3 is 0 Å². The molecule has 1 saturated heterocycles. The van der Waals surface area contributed by atoms with Gasteiger partial charge < -0.3 is 14.8 Å². The molecule has 3 rings (SSSR count). The Morgan fingerprint density at radius 2 is 2.00 bits per heavy atom. The average Bonchev–Trinajstić information content (AvgIpc) is 2.45. The van der Waals surface area contributed by atoms with Crippen LogP contribution >= 0.6 is 11.6 Å². The Balaban J connectivity index is 1.91. The van der Waals surface area contributed by atoms with Crippen LogP contribution in [0.4, 0.5) is 0 Å². The summed E-state index contributed by atoms with van der Waals surface area (Å²) in [4.78, 5) is 0. The Bertz CT molecular complexity index is 470. The van der Waals surface area contributed by atoms with Crippen molar-refractivity contribution in [3.63, 3.8) is 0 Å². The molecule has 2 aliphatic rings. The van der Waals surface area contributed by atoms with Crippen LogP contribution in [0.3, 0.4) is 0 Å². The van der Waals surface area contributed by atoms with E-state index in [1.54, 1.807) is 0 Å². The average molecular weight is 282 g/mol. The fourth-order valence-corrected chi connectivity index (χ4v) is 3.15. The Morgan fingerprint density at radius 3 is 2.79 bits per heavy atom. The van der Waals surface area contributed by atoms with E-state index in [1.165, 1.54) is 18.4 Å². The van der Waals surface area contributed by atoms with Gasteiger partial charge in [0, 0.05) is 16.7 Å². The van der Waals surface area contributed by atoms with Crippen LogP contribution in [0.15, 0.2) is 6.07 Å². The van der Waals surface area contributed by atoms with Gasteiger partial charge in [-0.15, -0.1) is 0 Å². The number of halogens is 1. The van der Waals surface area contributed by atoms with Gasteiger partial charge in [0.15, 0.2) is 11.5 Å². The molecule has 1 aromatic rings. The molecule has 0 atom stereocenters. The van der Waals surface area contributed by atoms with Gasteiger partial charge in [0.25, 0.3) is 0 Å². The molecule has 1 N–H and O–H groups in total. The first-order valence-corrected chi connectivity index (χ1v) is 7.42. The van der Waals surface area contributed by atoms with Crippen LogP contribution < -0.4 is 14.8 Å². The van der Waals surface area contributed by atoms with Crippen molar-refractivity contribution in [1.82, 2.24) is 5.32 Å². The van der Waals surface area contributed by atoms with Crippen LogP contribution in [-0.4, -0.2) is 26.3 Å². The smallest absolute Gasteiger partial charge is 0.164 e. The molecule has 2 aliphatic heterocycles. The molecule has 3 nitrogen and oxygen atoms in total. The van der Waals surface area contributed by atoms with E-state index in [0.29, 0.717) is 19.1 Å². The summed E-state index contributed by atoms with van der Waals surface area (Å²) in [5, 5.41) is 4.19. The van der Waals surface area contributed by atoms with Crippen molar-refractivity contribution >= 4 is 11.6 Å². The van der Waals surface area contributed by atoms with E-state index in [9.17, 15) is 0 Å². The van der Waals surface area contributed by atoms with Crippen molar-refractivity contribution in [1.29, 1.82) is 0 Å². The highest BCUT2D eigenvalue weighted by Crippen LogP contribution is 2.41. The fraction of sp³-hybridized carbons (Fsp3) is 0.600. The highest BCUT2D eigenvalue weighted by atomic mass is 35.5. The molecule has 104 valence electrons. The molecular weight excluding hydrogens is 262 g/mol. The zero-order chi connectivity index (χ0) is 13.2. The maximum atomic E-state index is 6.32. The third-order valence-electron chi connectivity index (χ3n) is 4.11. The molecule has 0 spiro atoms. The van der Waals surface area contributed by atoms with Gasteiger partial charge in [0.1, 0.15) is 13.2 Å². The van der Waals surface area contributed by atoms with Gasteiger partial charge in [-0.3, -0.25) is 0 Å². The molecular formula is C15H20ClNO2. The Labute approximate surface area is 119 Å². The minimum Gasteiger partial charge on any atom is -0.486 e. The van der Waals surface area contributed by atoms with E-state index < -0.39 is 0 Å². The molecule has 0 radical (unpaired) electrons. The number of hydrogen-bond donors (Lipinski definition) is 1. The summed E-state index contributed by atoms with van der Waals surface area (Å²) < 4.78 is 11.5. The van der Waals surface area contributed by atoms with E-state index >= 15 is 0 Å². The Morgan fingerprint density at radius 1 is 1.26 bits per heavy atom. The summed E-state index contributed by atoms with van der Waals surface area (Å²) in [6.07, 6.45) is 3.49. The molecule has 0 saturated carbocycles. The lowest BCUT2D eigenvalue weighted by molar-refractivity contribution is 0.169. The molecule has 19 heavy (non-hydrogen) atoms. The Hall–Kier alpha value is -0.930. The zero-order valence-corrected chi connectivity index (χ0v) is 12.1. The molecule has 1 fully saturated rings. The molecule has 2 heterocycles. The van der Waals surface area contributed by atoms with Crippen molar-refractivity contribution in [2.75, 3.05) is 26.3 Å². The summed E-state index contributed by atoms with van der Waals surface area (Å²) in [6, 6.07) is 1.89. The summed E-state index contributed by atoms with van der Waals surface area (Å²) >= 11 is 6.32. The highest BCUT2D eigenvalue weighted by molar-refractivity contribution is 6.31. The largest absolute Gasteiger partial charge is 0.486 e. The Kier molecular flexibility index (Phi) is 3.85. The normalized spacial score (nSPS) is 19.5. The lowest BCUT2D eigenvalue weighted by atomic mass is 9.88. The van der Waals surface area contributed by atoms with Gasteiger partial charge in [0.05, 0.1) is 0 Å². The number of fused-ring (bicyclic) bond motifs is 1. The first-order valence-electron chi connectivity index (χ1n) is 7.04. The maximum absolute atomic E-state index is 6.32. The lowest BCUT2D eigenvalue weighted by Gasteiger charge is -2.27. The standard InChI is InChI=1S/C15H20ClNO2/c1-10-12(8-11-2-4-17-5-3-11)15-14(9-13(10)16)18-6-7-19-15/h9,11,17H,2-8H2,1H3. The van der Waals surface area contributed by atoms with Crippen molar-refractivity contribution < 1.29 is 9.47 Å². The maximum Gasteiger partial charge on any atom is 0.164 e. The third kappa shape index (κ3) is 2.67. The van der Waals surface area contributed by atoms with Crippen LogP contribution in [0, 0.1) is 12.8 Å². The summed E-state index contributed by atoms with van der Waals surface area (Å²) in [5.41, 5.74) is 2.39. The number of ether oxygens (including phenoxy) is 2. The molecule has 1 aromatic carbocycles. The molecule has 0 aliphatic carbocycles. The summed E-state index contributed by atoms with van der Waals surface area (Å²) in [7, 11) is 0. The SMILES string of the molecule is Cc1c(Cl)cc2c(c1CC1CCNCC1)OCCO2. The van der Waals surface area contributed by atoms with E-state index in [4.69, 9.17) is 21.1 Å². The van der Waals surface area contributed by atoms with Crippen LogP contribution in [0.1, 0.15) is 24.0 Å². The van der Waals surface area contributed by atoms with Crippen molar-refractivity contribution in [2.45, 2.75) is 26.2 Å². The molecule has 0 unspecified atom stereocenters. The van der Waals surface area contributed by atoms with E-state index in [-0.39, 0.29) is 0 Å². The second-order valence-electron chi connectivity index (χ2n) is 5.38. The topological polar surface area (TPSA) is 30.5 Å². The monoisotopic (exact) mass is 281 g/mol. The number of hydrogen-bond acceptors (Lipinski definition) is 3. The number of piperidine rings is 1. The highest BCUT2D eigenvalue weighted by Gasteiger charge is 2.23. The second kappa shape index (κ2) is 5.59. The second-order valence-corrected chi connectivity index (χ2v) is 5.79. The van der Waals surface area contributed by atoms with E-state index in [0.717, 1.165) is 41.6 Å². The van der Waals surface area contributed by atoms with Gasteiger partial charge in [-0.05, 0) is 50.8 Å². The minimum absolute atomic E-state index is 0.610. The quantitative estimate of drug-likeness (QED) is 0.904. The van der Waals surface area contributed by atoms with E-state index in [2.05, 4.69) is 12.2 Å². The molecule has 0 bridgehead atoms. The van der Waals surface area contributed by atoms with Crippen LogP contribution in [0.25, 0.3) is 0 Å². The van der Waals surface area contributed by atoms with Crippen LogP contribution in [-0.2, 0) is 6.42 Å². The number of nitrogens with one attached hydrogen (secondary N) is 1. The van der Waals surface area contributed by atoms with E-state index in [1.807, 2.05) is 6.07 Å². The first-order chi connectivity index (χ1) is 9.25. The fourth-order valence-electron chi connectivity index (χ4n) is 2.93. The van der Waals surface area contributed by atoms with Gasteiger partial charge in [-0.1, -0.05) is 11.6 Å². The van der Waals surface area contributed by atoms with Crippen LogP contribution in [0.2, 0.25) is 5.02 Å². The number of rotatable bonds is 2. The number of benzene rings is 1. The lowest BCUT2D eigenvalue weighted by Crippen LogP contribution is -2.29. The molecule has 4 heteroatoms.